The number of alkyl halides is 4. The second kappa shape index (κ2) is 8.99. The quantitative estimate of drug-likeness (QED) is 0.396. The fourth-order valence-electron chi connectivity index (χ4n) is 6.80. The van der Waals surface area contributed by atoms with Gasteiger partial charge in [0, 0.05) is 6.42 Å². The van der Waals surface area contributed by atoms with E-state index in [1.165, 1.54) is 23.1 Å². The highest BCUT2D eigenvalue weighted by molar-refractivity contribution is 7.92. The third-order valence-electron chi connectivity index (χ3n) is 8.87. The molecule has 0 spiro atoms. The van der Waals surface area contributed by atoms with Crippen molar-refractivity contribution in [3.8, 4) is 0 Å². The molecule has 3 aliphatic rings. The predicted octanol–water partition coefficient (Wildman–Crippen LogP) is 5.20. The molecule has 5 nitrogen and oxygen atoms in total. The Morgan fingerprint density at radius 2 is 1.72 bits per heavy atom. The van der Waals surface area contributed by atoms with Crippen molar-refractivity contribution in [3.63, 3.8) is 0 Å². The zero-order chi connectivity index (χ0) is 28.6. The Morgan fingerprint density at radius 3 is 2.31 bits per heavy atom. The van der Waals surface area contributed by atoms with E-state index in [2.05, 4.69) is 0 Å². The van der Waals surface area contributed by atoms with Crippen LogP contribution in [0.5, 0.6) is 0 Å². The SMILES string of the molecule is CC1(O)CN(C(=O)C[C@@H]2CC[C@@]3(S(=O)(=O)c4ccc(F)cc4)c4ccc(C(C)(F)C(F)(F)F)cc4CC[C@@H]23)C1. The zero-order valence-corrected chi connectivity index (χ0v) is 22.4. The third-order valence-corrected chi connectivity index (χ3v) is 11.4. The van der Waals surface area contributed by atoms with Crippen molar-refractivity contribution in [1.82, 2.24) is 4.90 Å². The maximum atomic E-state index is 14.8. The van der Waals surface area contributed by atoms with Gasteiger partial charge in [-0.1, -0.05) is 18.2 Å². The zero-order valence-electron chi connectivity index (χ0n) is 21.6. The maximum Gasteiger partial charge on any atom is 0.426 e. The average Bonchev–Trinajstić information content (AvgIpc) is 3.22. The van der Waals surface area contributed by atoms with Gasteiger partial charge in [-0.05, 0) is 92.3 Å². The van der Waals surface area contributed by atoms with Gasteiger partial charge in [0.05, 0.1) is 23.6 Å². The van der Waals surface area contributed by atoms with Crippen LogP contribution in [0.2, 0.25) is 0 Å². The van der Waals surface area contributed by atoms with E-state index in [0.717, 1.165) is 24.3 Å². The number of hydrogen-bond donors (Lipinski definition) is 1. The van der Waals surface area contributed by atoms with Gasteiger partial charge in [0.2, 0.25) is 11.6 Å². The molecule has 1 saturated carbocycles. The molecule has 1 saturated heterocycles. The molecule has 0 aromatic heterocycles. The summed E-state index contributed by atoms with van der Waals surface area (Å²) in [6.45, 7) is 2.44. The van der Waals surface area contributed by atoms with Crippen LogP contribution in [0.15, 0.2) is 47.4 Å². The number of aryl methyl sites for hydroxylation is 1. The minimum atomic E-state index is -5.16. The lowest BCUT2D eigenvalue weighted by atomic mass is 9.72. The van der Waals surface area contributed by atoms with Crippen LogP contribution in [0.1, 0.15) is 56.2 Å². The van der Waals surface area contributed by atoms with E-state index in [-0.39, 0.29) is 55.5 Å². The number of amides is 1. The van der Waals surface area contributed by atoms with Crippen LogP contribution in [0, 0.1) is 17.7 Å². The molecule has 5 rings (SSSR count). The number of hydrogen-bond acceptors (Lipinski definition) is 4. The topological polar surface area (TPSA) is 74.7 Å². The van der Waals surface area contributed by atoms with Crippen molar-refractivity contribution in [2.24, 2.45) is 11.8 Å². The summed E-state index contributed by atoms with van der Waals surface area (Å²) >= 11 is 0. The molecule has 1 heterocycles. The van der Waals surface area contributed by atoms with Crippen molar-refractivity contribution < 1.29 is 40.3 Å². The molecule has 212 valence electrons. The van der Waals surface area contributed by atoms with Crippen LogP contribution >= 0.6 is 0 Å². The molecule has 2 aliphatic carbocycles. The molecule has 2 aromatic carbocycles. The van der Waals surface area contributed by atoms with Crippen molar-refractivity contribution >= 4 is 15.7 Å². The number of β-amino-alcohol motifs (C(OH)–C–C–N with tert-alkyl or cyclic N) is 1. The molecule has 2 aromatic rings. The van der Waals surface area contributed by atoms with E-state index >= 15 is 0 Å². The first-order chi connectivity index (χ1) is 18.0. The molecule has 1 aliphatic heterocycles. The summed E-state index contributed by atoms with van der Waals surface area (Å²) in [5.74, 6) is -1.67. The lowest BCUT2D eigenvalue weighted by Crippen LogP contribution is -2.62. The molecule has 4 atom stereocenters. The van der Waals surface area contributed by atoms with E-state index in [1.807, 2.05) is 0 Å². The van der Waals surface area contributed by atoms with Gasteiger partial charge in [-0.25, -0.2) is 17.2 Å². The van der Waals surface area contributed by atoms with Crippen molar-refractivity contribution in [2.45, 2.75) is 73.0 Å². The molecule has 39 heavy (non-hydrogen) atoms. The number of fused-ring (bicyclic) bond motifs is 3. The second-order valence-electron chi connectivity index (χ2n) is 11.6. The van der Waals surface area contributed by atoms with Gasteiger partial charge in [-0.15, -0.1) is 0 Å². The van der Waals surface area contributed by atoms with Crippen LogP contribution in [-0.4, -0.2) is 49.2 Å². The van der Waals surface area contributed by atoms with Crippen LogP contribution in [0.3, 0.4) is 0 Å². The van der Waals surface area contributed by atoms with Crippen LogP contribution < -0.4 is 0 Å². The number of sulfone groups is 1. The Labute approximate surface area is 223 Å². The number of likely N-dealkylation sites (tertiary alicyclic amines) is 1. The van der Waals surface area contributed by atoms with Gasteiger partial charge in [0.15, 0.2) is 9.84 Å². The normalized spacial score (nSPS) is 27.7. The molecular formula is C28H30F5NO4S. The van der Waals surface area contributed by atoms with Gasteiger partial charge >= 0.3 is 6.18 Å². The van der Waals surface area contributed by atoms with Gasteiger partial charge in [-0.3, -0.25) is 4.79 Å². The molecule has 11 heteroatoms. The summed E-state index contributed by atoms with van der Waals surface area (Å²) in [7, 11) is -4.21. The first-order valence-electron chi connectivity index (χ1n) is 12.9. The lowest BCUT2D eigenvalue weighted by Gasteiger charge is -2.45. The Kier molecular flexibility index (Phi) is 6.46. The Balaban J connectivity index is 1.58. The highest BCUT2D eigenvalue weighted by Crippen LogP contribution is 2.60. The first kappa shape index (κ1) is 28.0. The molecule has 0 bridgehead atoms. The number of nitrogens with zero attached hydrogens (tertiary/aromatic N) is 1. The smallest absolute Gasteiger partial charge is 0.386 e. The summed E-state index contributed by atoms with van der Waals surface area (Å²) in [4.78, 5) is 14.4. The van der Waals surface area contributed by atoms with Gasteiger partial charge in [0.25, 0.3) is 0 Å². The number of carbonyl (C=O) groups excluding carboxylic acids is 1. The van der Waals surface area contributed by atoms with E-state index in [0.29, 0.717) is 24.5 Å². The third kappa shape index (κ3) is 4.36. The van der Waals surface area contributed by atoms with Crippen molar-refractivity contribution in [1.29, 1.82) is 0 Å². The summed E-state index contributed by atoms with van der Waals surface area (Å²) in [5.41, 5.74) is -4.54. The van der Waals surface area contributed by atoms with E-state index < -0.39 is 49.3 Å². The van der Waals surface area contributed by atoms with Crippen LogP contribution in [0.25, 0.3) is 0 Å². The van der Waals surface area contributed by atoms with Crippen LogP contribution in [-0.2, 0) is 31.5 Å². The van der Waals surface area contributed by atoms with Gasteiger partial charge < -0.3 is 10.0 Å². The highest BCUT2D eigenvalue weighted by atomic mass is 32.2. The van der Waals surface area contributed by atoms with Gasteiger partial charge in [0.1, 0.15) is 10.6 Å². The molecular weight excluding hydrogens is 541 g/mol. The first-order valence-corrected chi connectivity index (χ1v) is 14.4. The number of rotatable bonds is 5. The molecule has 2 fully saturated rings. The predicted molar refractivity (Wildman–Crippen MR) is 133 cm³/mol. The maximum absolute atomic E-state index is 14.8. The average molecular weight is 572 g/mol. The van der Waals surface area contributed by atoms with Crippen molar-refractivity contribution in [3.05, 3.63) is 65.0 Å². The minimum Gasteiger partial charge on any atom is -0.386 e. The fraction of sp³-hybridized carbons (Fsp3) is 0.536. The number of carbonyl (C=O) groups is 1. The number of halogens is 5. The monoisotopic (exact) mass is 571 g/mol. The standard InChI is InChI=1S/C28H30F5NO4S/c1-25(36)15-34(16-25)24(35)14-18-11-12-27(39(37,38)21-7-5-20(29)6-8-21)22(18)9-3-17-13-19(4-10-23(17)27)26(2,30)28(31,32)33/h4-8,10,13,18,22,36H,3,9,11-12,14-16H2,1-2H3/t18-,22-,26?,27-/m0/s1. The minimum absolute atomic E-state index is 0.0749. The molecule has 1 unspecified atom stereocenters. The molecule has 1 N–H and O–H groups in total. The number of aliphatic hydroxyl groups is 1. The Bertz CT molecular complexity index is 1400. The summed E-state index contributed by atoms with van der Waals surface area (Å²) in [5, 5.41) is 10.0. The summed E-state index contributed by atoms with van der Waals surface area (Å²) < 4.78 is 95.9. The van der Waals surface area contributed by atoms with Crippen LogP contribution in [0.4, 0.5) is 22.0 Å². The molecule has 0 radical (unpaired) electrons. The molecule has 1 amide bonds. The number of benzene rings is 2. The highest BCUT2D eigenvalue weighted by Gasteiger charge is 2.61. The van der Waals surface area contributed by atoms with Gasteiger partial charge in [-0.2, -0.15) is 13.2 Å². The fourth-order valence-corrected chi connectivity index (χ4v) is 9.30. The lowest BCUT2D eigenvalue weighted by molar-refractivity contribution is -0.228. The Hall–Kier alpha value is -2.53. The largest absolute Gasteiger partial charge is 0.426 e. The summed E-state index contributed by atoms with van der Waals surface area (Å²) in [6, 6.07) is 7.81. The van der Waals surface area contributed by atoms with E-state index in [1.54, 1.807) is 6.92 Å². The summed E-state index contributed by atoms with van der Waals surface area (Å²) in [6.07, 6.45) is -4.08. The van der Waals surface area contributed by atoms with E-state index in [4.69, 9.17) is 0 Å². The second-order valence-corrected chi connectivity index (χ2v) is 13.8. The van der Waals surface area contributed by atoms with E-state index in [9.17, 15) is 40.3 Å². The van der Waals surface area contributed by atoms with Crippen molar-refractivity contribution in [2.75, 3.05) is 13.1 Å². The Morgan fingerprint density at radius 1 is 1.08 bits per heavy atom.